The van der Waals surface area contributed by atoms with E-state index >= 15 is 0 Å². The van der Waals surface area contributed by atoms with E-state index in [1.165, 1.54) is 0 Å². The zero-order valence-electron chi connectivity index (χ0n) is 18.8. The third-order valence-corrected chi connectivity index (χ3v) is 8.18. The Morgan fingerprint density at radius 3 is 2.44 bits per heavy atom. The van der Waals surface area contributed by atoms with Crippen LogP contribution in [0.25, 0.3) is 5.69 Å². The molecule has 6 rings (SSSR count). The summed E-state index contributed by atoms with van der Waals surface area (Å²) in [5.74, 6) is 1.09. The standard InChI is InChI=1S/C24H27ClF3N5O/c25-18-3-4-20-16(9-18)12-32(19-10-17(11-19)24(26,27)28)13-21-29-30-22(33(20)21)14-5-7-31(8-6-14)23(34)15-1-2-15/h3-4,9,14-15,17,19H,1-2,5-8,10-13H2. The van der Waals surface area contributed by atoms with Crippen molar-refractivity contribution in [1.82, 2.24) is 24.6 Å². The van der Waals surface area contributed by atoms with Crippen LogP contribution in [-0.2, 0) is 17.9 Å². The van der Waals surface area contributed by atoms with Gasteiger partial charge in [-0.25, -0.2) is 0 Å². The number of piperidine rings is 1. The Kier molecular flexibility index (Phi) is 5.40. The first-order valence-corrected chi connectivity index (χ1v) is 12.5. The van der Waals surface area contributed by atoms with Gasteiger partial charge < -0.3 is 4.90 Å². The highest BCUT2D eigenvalue weighted by Gasteiger charge is 2.50. The minimum atomic E-state index is -4.13. The van der Waals surface area contributed by atoms with Crippen LogP contribution in [0.15, 0.2) is 18.2 Å². The fraction of sp³-hybridized carbons (Fsp3) is 0.625. The molecule has 3 fully saturated rings. The topological polar surface area (TPSA) is 54.3 Å². The zero-order valence-corrected chi connectivity index (χ0v) is 19.5. The SMILES string of the molecule is O=C(C1CC1)N1CCC(c2nnc3n2-c2ccc(Cl)cc2CN(C2CC(C(F)(F)F)C2)C3)CC1. The molecule has 2 saturated carbocycles. The van der Waals surface area contributed by atoms with Crippen molar-refractivity contribution in [2.45, 2.75) is 69.8 Å². The number of carbonyl (C=O) groups is 1. The number of hydrogen-bond donors (Lipinski definition) is 0. The van der Waals surface area contributed by atoms with E-state index in [1.54, 1.807) is 0 Å². The summed E-state index contributed by atoms with van der Waals surface area (Å²) in [6.07, 6.45) is -0.208. The minimum Gasteiger partial charge on any atom is -0.342 e. The average Bonchev–Trinajstić information content (AvgIpc) is 3.54. The van der Waals surface area contributed by atoms with E-state index in [-0.39, 0.29) is 36.6 Å². The molecule has 3 heterocycles. The maximum atomic E-state index is 13.1. The van der Waals surface area contributed by atoms with Crippen LogP contribution in [0.3, 0.4) is 0 Å². The van der Waals surface area contributed by atoms with Crippen LogP contribution in [0.5, 0.6) is 0 Å². The van der Waals surface area contributed by atoms with Crippen molar-refractivity contribution >= 4 is 17.5 Å². The van der Waals surface area contributed by atoms with Crippen molar-refractivity contribution in [3.8, 4) is 5.69 Å². The molecule has 1 aromatic heterocycles. The summed E-state index contributed by atoms with van der Waals surface area (Å²) < 4.78 is 41.4. The first kappa shape index (κ1) is 22.3. The summed E-state index contributed by atoms with van der Waals surface area (Å²) in [5.41, 5.74) is 1.93. The van der Waals surface area contributed by atoms with Gasteiger partial charge in [0.1, 0.15) is 5.82 Å². The molecule has 2 aliphatic heterocycles. The lowest BCUT2D eigenvalue weighted by Gasteiger charge is -2.43. The number of carbonyl (C=O) groups excluding carboxylic acids is 1. The van der Waals surface area contributed by atoms with Gasteiger partial charge in [-0.05, 0) is 62.3 Å². The molecule has 0 bridgehead atoms. The summed E-state index contributed by atoms with van der Waals surface area (Å²) >= 11 is 6.31. The fourth-order valence-corrected chi connectivity index (χ4v) is 5.87. The highest BCUT2D eigenvalue weighted by molar-refractivity contribution is 6.30. The smallest absolute Gasteiger partial charge is 0.342 e. The molecular weight excluding hydrogens is 467 g/mol. The molecule has 2 aromatic rings. The number of halogens is 4. The number of amides is 1. The maximum Gasteiger partial charge on any atom is 0.391 e. The van der Waals surface area contributed by atoms with Gasteiger partial charge in [-0.15, -0.1) is 10.2 Å². The number of nitrogens with zero attached hydrogens (tertiary/aromatic N) is 5. The number of hydrogen-bond acceptors (Lipinski definition) is 4. The number of benzene rings is 1. The van der Waals surface area contributed by atoms with E-state index in [0.29, 0.717) is 18.1 Å². The highest BCUT2D eigenvalue weighted by Crippen LogP contribution is 2.45. The van der Waals surface area contributed by atoms with Gasteiger partial charge >= 0.3 is 6.18 Å². The second kappa shape index (κ2) is 8.22. The summed E-state index contributed by atoms with van der Waals surface area (Å²) in [4.78, 5) is 16.5. The van der Waals surface area contributed by atoms with Gasteiger partial charge in [-0.2, -0.15) is 13.2 Å². The summed E-state index contributed by atoms with van der Waals surface area (Å²) in [6.45, 7) is 2.43. The van der Waals surface area contributed by atoms with E-state index in [0.717, 1.165) is 61.7 Å². The van der Waals surface area contributed by atoms with Gasteiger partial charge in [-0.3, -0.25) is 14.3 Å². The van der Waals surface area contributed by atoms with Crippen LogP contribution in [-0.4, -0.2) is 55.8 Å². The Hall–Kier alpha value is -2.13. The second-order valence-corrected chi connectivity index (χ2v) is 10.7. The van der Waals surface area contributed by atoms with Gasteiger partial charge in [-0.1, -0.05) is 11.6 Å². The quantitative estimate of drug-likeness (QED) is 0.622. The predicted octanol–water partition coefficient (Wildman–Crippen LogP) is 4.69. The van der Waals surface area contributed by atoms with Crippen LogP contribution in [0.1, 0.15) is 61.7 Å². The van der Waals surface area contributed by atoms with Crippen molar-refractivity contribution < 1.29 is 18.0 Å². The lowest BCUT2D eigenvalue weighted by molar-refractivity contribution is -0.207. The van der Waals surface area contributed by atoms with Gasteiger partial charge in [0.25, 0.3) is 0 Å². The average molecular weight is 494 g/mol. The highest BCUT2D eigenvalue weighted by atomic mass is 35.5. The molecule has 1 saturated heterocycles. The molecule has 1 aromatic carbocycles. The lowest BCUT2D eigenvalue weighted by atomic mass is 9.78. The number of rotatable bonds is 3. The largest absolute Gasteiger partial charge is 0.391 e. The van der Waals surface area contributed by atoms with Crippen LogP contribution in [0.2, 0.25) is 5.02 Å². The molecule has 0 unspecified atom stereocenters. The van der Waals surface area contributed by atoms with Crippen LogP contribution in [0.4, 0.5) is 13.2 Å². The Balaban J connectivity index is 1.26. The Morgan fingerprint density at radius 2 is 1.76 bits per heavy atom. The van der Waals surface area contributed by atoms with Gasteiger partial charge in [0.2, 0.25) is 5.91 Å². The molecular formula is C24H27ClF3N5O. The first-order chi connectivity index (χ1) is 16.3. The molecule has 4 aliphatic rings. The van der Waals surface area contributed by atoms with Gasteiger partial charge in [0.15, 0.2) is 5.82 Å². The molecule has 0 atom stereocenters. The summed E-state index contributed by atoms with van der Waals surface area (Å²) in [5, 5.41) is 9.67. The van der Waals surface area contributed by atoms with Crippen molar-refractivity contribution in [3.63, 3.8) is 0 Å². The molecule has 0 radical (unpaired) electrons. The normalized spacial score (nSPS) is 25.9. The van der Waals surface area contributed by atoms with E-state index < -0.39 is 12.1 Å². The van der Waals surface area contributed by atoms with Gasteiger partial charge in [0, 0.05) is 42.5 Å². The lowest BCUT2D eigenvalue weighted by Crippen LogP contribution is -2.48. The van der Waals surface area contributed by atoms with E-state index in [1.807, 2.05) is 23.1 Å². The zero-order chi connectivity index (χ0) is 23.6. The molecule has 1 amide bonds. The number of likely N-dealkylation sites (tertiary alicyclic amines) is 1. The predicted molar refractivity (Wildman–Crippen MR) is 119 cm³/mol. The fourth-order valence-electron chi connectivity index (χ4n) is 5.67. The number of fused-ring (bicyclic) bond motifs is 3. The summed E-state index contributed by atoms with van der Waals surface area (Å²) in [7, 11) is 0. The molecule has 182 valence electrons. The van der Waals surface area contributed by atoms with Crippen LogP contribution < -0.4 is 0 Å². The maximum absolute atomic E-state index is 13.1. The molecule has 34 heavy (non-hydrogen) atoms. The van der Waals surface area contributed by atoms with E-state index in [2.05, 4.69) is 19.7 Å². The molecule has 6 nitrogen and oxygen atoms in total. The molecule has 2 aliphatic carbocycles. The first-order valence-electron chi connectivity index (χ1n) is 12.1. The van der Waals surface area contributed by atoms with E-state index in [9.17, 15) is 18.0 Å². The van der Waals surface area contributed by atoms with Crippen molar-refractivity contribution in [3.05, 3.63) is 40.4 Å². The van der Waals surface area contributed by atoms with Crippen LogP contribution >= 0.6 is 11.6 Å². The monoisotopic (exact) mass is 493 g/mol. The van der Waals surface area contributed by atoms with Gasteiger partial charge in [0.05, 0.1) is 18.2 Å². The molecule has 0 spiro atoms. The number of aromatic nitrogens is 3. The van der Waals surface area contributed by atoms with Crippen molar-refractivity contribution in [1.29, 1.82) is 0 Å². The molecule has 10 heteroatoms. The Morgan fingerprint density at radius 1 is 1.03 bits per heavy atom. The third kappa shape index (κ3) is 4.00. The Bertz CT molecular complexity index is 1100. The number of alkyl halides is 3. The summed E-state index contributed by atoms with van der Waals surface area (Å²) in [6, 6.07) is 5.56. The van der Waals surface area contributed by atoms with Crippen LogP contribution in [0, 0.1) is 11.8 Å². The Labute approximate surface area is 201 Å². The van der Waals surface area contributed by atoms with Crippen molar-refractivity contribution in [2.75, 3.05) is 13.1 Å². The van der Waals surface area contributed by atoms with E-state index in [4.69, 9.17) is 11.6 Å². The van der Waals surface area contributed by atoms with Crippen molar-refractivity contribution in [2.24, 2.45) is 11.8 Å². The minimum absolute atomic E-state index is 0.119. The molecule has 0 N–H and O–H groups in total. The third-order valence-electron chi connectivity index (χ3n) is 7.95. The second-order valence-electron chi connectivity index (χ2n) is 10.2.